The number of halogens is 1. The van der Waals surface area contributed by atoms with Crippen LogP contribution >= 0.6 is 24.0 Å². The van der Waals surface area contributed by atoms with Gasteiger partial charge in [-0.05, 0) is 43.2 Å². The van der Waals surface area contributed by atoms with Crippen molar-refractivity contribution in [3.8, 4) is 0 Å². The number of hydrogen-bond acceptors (Lipinski definition) is 7. The summed E-state index contributed by atoms with van der Waals surface area (Å²) >= 11 is 6.63. The fourth-order valence-corrected chi connectivity index (χ4v) is 5.82. The van der Waals surface area contributed by atoms with Crippen LogP contribution in [0.2, 0.25) is 0 Å². The van der Waals surface area contributed by atoms with Crippen molar-refractivity contribution in [2.24, 2.45) is 0 Å². The van der Waals surface area contributed by atoms with Crippen LogP contribution in [-0.4, -0.2) is 57.2 Å². The lowest BCUT2D eigenvalue weighted by molar-refractivity contribution is -0.122. The molecule has 7 nitrogen and oxygen atoms in total. The molecule has 2 aromatic heterocycles. The van der Waals surface area contributed by atoms with Crippen LogP contribution in [0.15, 0.2) is 52.3 Å². The first-order valence-corrected chi connectivity index (χ1v) is 13.1. The van der Waals surface area contributed by atoms with Crippen LogP contribution in [-0.2, 0) is 4.79 Å². The summed E-state index contributed by atoms with van der Waals surface area (Å²) in [6.07, 6.45) is 4.18. The molecule has 0 bridgehead atoms. The van der Waals surface area contributed by atoms with Gasteiger partial charge in [0.25, 0.3) is 11.5 Å². The number of carbonyl (C=O) groups is 1. The van der Waals surface area contributed by atoms with Crippen molar-refractivity contribution in [1.82, 2.24) is 14.3 Å². The number of rotatable bonds is 5. The van der Waals surface area contributed by atoms with Crippen molar-refractivity contribution in [2.45, 2.75) is 20.3 Å². The van der Waals surface area contributed by atoms with Crippen LogP contribution in [0.5, 0.6) is 0 Å². The van der Waals surface area contributed by atoms with Crippen LogP contribution in [0.25, 0.3) is 11.7 Å². The Hall–Kier alpha value is -3.24. The summed E-state index contributed by atoms with van der Waals surface area (Å²) < 4.78 is 16.4. The molecule has 2 aliphatic heterocycles. The van der Waals surface area contributed by atoms with E-state index in [0.717, 1.165) is 12.0 Å². The van der Waals surface area contributed by atoms with Gasteiger partial charge in [-0.3, -0.25) is 18.9 Å². The minimum absolute atomic E-state index is 0.184. The molecule has 36 heavy (non-hydrogen) atoms. The van der Waals surface area contributed by atoms with Crippen LogP contribution in [0, 0.1) is 12.7 Å². The van der Waals surface area contributed by atoms with E-state index in [1.807, 2.05) is 41.8 Å². The number of para-hydroxylation sites is 1. The molecule has 186 valence electrons. The summed E-state index contributed by atoms with van der Waals surface area (Å²) in [5.41, 5.74) is 2.15. The second kappa shape index (κ2) is 10.0. The largest absolute Gasteiger partial charge is 0.366 e. The van der Waals surface area contributed by atoms with E-state index in [9.17, 15) is 14.0 Å². The topological polar surface area (TPSA) is 61.2 Å². The van der Waals surface area contributed by atoms with E-state index in [1.54, 1.807) is 29.3 Å². The lowest BCUT2D eigenvalue weighted by atomic mass is 10.2. The number of piperazine rings is 1. The lowest BCUT2D eigenvalue weighted by Gasteiger charge is -2.37. The third-order valence-electron chi connectivity index (χ3n) is 6.35. The molecule has 0 saturated carbocycles. The molecule has 0 atom stereocenters. The molecular formula is C26H26FN5O2S2. The van der Waals surface area contributed by atoms with E-state index < -0.39 is 0 Å². The summed E-state index contributed by atoms with van der Waals surface area (Å²) in [5.74, 6) is 0.0897. The summed E-state index contributed by atoms with van der Waals surface area (Å²) in [7, 11) is 0. The maximum absolute atomic E-state index is 14.3. The van der Waals surface area contributed by atoms with Gasteiger partial charge in [0.1, 0.15) is 21.6 Å². The number of amides is 1. The standard InChI is InChI=1S/C26H26FN5O2S2/c1-3-10-31-25(34)21(36-26(31)35)15-18-23(28-22-9-8-17(2)16-32(22)24(18)33)30-13-11-29(12-14-30)20-7-5-4-6-19(20)27/h4-9,15-16H,3,10-14H2,1-2H3/b21-15-. The van der Waals surface area contributed by atoms with Crippen molar-refractivity contribution < 1.29 is 9.18 Å². The molecule has 0 aliphatic carbocycles. The molecule has 0 radical (unpaired) electrons. The number of aryl methyl sites for hydroxylation is 1. The maximum atomic E-state index is 14.3. The molecular weight excluding hydrogens is 497 g/mol. The normalized spacial score (nSPS) is 17.6. The second-order valence-corrected chi connectivity index (χ2v) is 10.5. The molecule has 0 spiro atoms. The van der Waals surface area contributed by atoms with Gasteiger partial charge in [0.15, 0.2) is 0 Å². The Kier molecular flexibility index (Phi) is 6.81. The number of fused-ring (bicyclic) bond motifs is 1. The van der Waals surface area contributed by atoms with E-state index in [2.05, 4.69) is 0 Å². The Morgan fingerprint density at radius 1 is 1.08 bits per heavy atom. The lowest BCUT2D eigenvalue weighted by Crippen LogP contribution is -2.47. The van der Waals surface area contributed by atoms with Gasteiger partial charge in [0, 0.05) is 38.9 Å². The van der Waals surface area contributed by atoms with Gasteiger partial charge in [-0.15, -0.1) is 0 Å². The van der Waals surface area contributed by atoms with Gasteiger partial charge in [0.05, 0.1) is 16.2 Å². The number of anilines is 2. The van der Waals surface area contributed by atoms with E-state index in [1.165, 1.54) is 22.2 Å². The molecule has 10 heteroatoms. The fraction of sp³-hybridized carbons (Fsp3) is 0.308. The number of aromatic nitrogens is 2. The minimum atomic E-state index is -0.252. The van der Waals surface area contributed by atoms with Crippen LogP contribution in [0.3, 0.4) is 0 Å². The van der Waals surface area contributed by atoms with Gasteiger partial charge < -0.3 is 9.80 Å². The molecule has 2 aliphatic rings. The zero-order chi connectivity index (χ0) is 25.4. The molecule has 2 fully saturated rings. The van der Waals surface area contributed by atoms with Crippen LogP contribution in [0.1, 0.15) is 24.5 Å². The number of pyridine rings is 1. The van der Waals surface area contributed by atoms with Crippen molar-refractivity contribution in [3.05, 3.63) is 74.8 Å². The number of nitrogens with zero attached hydrogens (tertiary/aromatic N) is 5. The van der Waals surface area contributed by atoms with Gasteiger partial charge in [-0.2, -0.15) is 0 Å². The van der Waals surface area contributed by atoms with Gasteiger partial charge in [-0.1, -0.05) is 49.1 Å². The third-order valence-corrected chi connectivity index (χ3v) is 7.73. The first kappa shape index (κ1) is 24.5. The van der Waals surface area contributed by atoms with E-state index in [4.69, 9.17) is 17.2 Å². The number of carbonyl (C=O) groups excluding carboxylic acids is 1. The number of benzene rings is 1. The molecule has 3 aromatic rings. The van der Waals surface area contributed by atoms with Crippen molar-refractivity contribution in [3.63, 3.8) is 0 Å². The maximum Gasteiger partial charge on any atom is 0.267 e. The highest BCUT2D eigenvalue weighted by molar-refractivity contribution is 8.26. The Bertz CT molecular complexity index is 1450. The van der Waals surface area contributed by atoms with Gasteiger partial charge in [0.2, 0.25) is 0 Å². The number of thioether (sulfide) groups is 1. The zero-order valence-electron chi connectivity index (χ0n) is 20.1. The summed E-state index contributed by atoms with van der Waals surface area (Å²) in [5, 5.41) is 0. The Labute approximate surface area is 218 Å². The molecule has 0 unspecified atom stereocenters. The van der Waals surface area contributed by atoms with Crippen molar-refractivity contribution >= 4 is 57.4 Å². The van der Waals surface area contributed by atoms with E-state index in [0.29, 0.717) is 64.7 Å². The summed E-state index contributed by atoms with van der Waals surface area (Å²) in [6.45, 7) is 6.71. The molecule has 5 rings (SSSR count). The van der Waals surface area contributed by atoms with E-state index in [-0.39, 0.29) is 17.3 Å². The monoisotopic (exact) mass is 523 g/mol. The SMILES string of the molecule is CCCN1C(=O)/C(=C/c2c(N3CCN(c4ccccc4F)CC3)nc3ccc(C)cn3c2=O)SC1=S. The molecule has 4 heterocycles. The van der Waals surface area contributed by atoms with Crippen LogP contribution in [0.4, 0.5) is 15.9 Å². The summed E-state index contributed by atoms with van der Waals surface area (Å²) in [6, 6.07) is 10.5. The average Bonchev–Trinajstić information content (AvgIpc) is 3.14. The summed E-state index contributed by atoms with van der Waals surface area (Å²) in [4.78, 5) is 37.6. The van der Waals surface area contributed by atoms with E-state index >= 15 is 0 Å². The predicted molar refractivity (Wildman–Crippen MR) is 147 cm³/mol. The first-order chi connectivity index (χ1) is 17.4. The quantitative estimate of drug-likeness (QED) is 0.369. The Morgan fingerprint density at radius 3 is 2.53 bits per heavy atom. The molecule has 2 saturated heterocycles. The number of thiocarbonyl (C=S) groups is 1. The fourth-order valence-electron chi connectivity index (χ4n) is 4.53. The second-order valence-electron chi connectivity index (χ2n) is 8.85. The smallest absolute Gasteiger partial charge is 0.267 e. The third kappa shape index (κ3) is 4.51. The Balaban J connectivity index is 1.54. The zero-order valence-corrected chi connectivity index (χ0v) is 21.7. The minimum Gasteiger partial charge on any atom is -0.366 e. The molecule has 1 aromatic carbocycles. The van der Waals surface area contributed by atoms with Crippen LogP contribution < -0.4 is 15.4 Å². The number of hydrogen-bond donors (Lipinski definition) is 0. The van der Waals surface area contributed by atoms with Crippen molar-refractivity contribution in [1.29, 1.82) is 0 Å². The van der Waals surface area contributed by atoms with Gasteiger partial charge in [-0.25, -0.2) is 9.37 Å². The predicted octanol–water partition coefficient (Wildman–Crippen LogP) is 4.08. The highest BCUT2D eigenvalue weighted by atomic mass is 32.2. The Morgan fingerprint density at radius 2 is 1.81 bits per heavy atom. The first-order valence-electron chi connectivity index (χ1n) is 11.9. The molecule has 0 N–H and O–H groups in total. The average molecular weight is 524 g/mol. The molecule has 1 amide bonds. The highest BCUT2D eigenvalue weighted by Crippen LogP contribution is 2.34. The van der Waals surface area contributed by atoms with Crippen molar-refractivity contribution in [2.75, 3.05) is 42.5 Å². The highest BCUT2D eigenvalue weighted by Gasteiger charge is 2.32. The van der Waals surface area contributed by atoms with Gasteiger partial charge >= 0.3 is 0 Å².